The van der Waals surface area contributed by atoms with Crippen LogP contribution >= 0.6 is 0 Å². The lowest BCUT2D eigenvalue weighted by atomic mass is 10.2. The zero-order valence-corrected chi connectivity index (χ0v) is 13.3. The van der Waals surface area contributed by atoms with Crippen LogP contribution < -0.4 is 4.74 Å². The van der Waals surface area contributed by atoms with Gasteiger partial charge in [-0.15, -0.1) is 0 Å². The number of benzene rings is 1. The Balaban J connectivity index is 2.23. The van der Waals surface area contributed by atoms with Crippen molar-refractivity contribution in [2.24, 2.45) is 0 Å². The summed E-state index contributed by atoms with van der Waals surface area (Å²) < 4.78 is 5.81. The van der Waals surface area contributed by atoms with Gasteiger partial charge in [-0.2, -0.15) is 0 Å². The summed E-state index contributed by atoms with van der Waals surface area (Å²) in [5, 5.41) is 0. The van der Waals surface area contributed by atoms with Crippen LogP contribution in [0.15, 0.2) is 30.3 Å². The zero-order chi connectivity index (χ0) is 14.5. The maximum atomic E-state index is 5.81. The van der Waals surface area contributed by atoms with E-state index in [1.54, 1.807) is 0 Å². The van der Waals surface area contributed by atoms with Gasteiger partial charge in [0.15, 0.2) is 0 Å². The summed E-state index contributed by atoms with van der Waals surface area (Å²) in [6, 6.07) is 10.1. The van der Waals surface area contributed by atoms with Crippen molar-refractivity contribution in [3.63, 3.8) is 0 Å². The van der Waals surface area contributed by atoms with Gasteiger partial charge < -0.3 is 4.74 Å². The van der Waals surface area contributed by atoms with E-state index in [4.69, 9.17) is 4.74 Å². The molecule has 0 aliphatic carbocycles. The minimum Gasteiger partial charge on any atom is -0.492 e. The Hall–Kier alpha value is -1.02. The Kier molecular flexibility index (Phi) is 10.0. The second kappa shape index (κ2) is 11.8. The molecule has 1 rings (SSSR count). The van der Waals surface area contributed by atoms with E-state index in [1.165, 1.54) is 51.6 Å². The van der Waals surface area contributed by atoms with Crippen LogP contribution in [0.4, 0.5) is 0 Å². The highest BCUT2D eigenvalue weighted by molar-refractivity contribution is 5.20. The fourth-order valence-corrected chi connectivity index (χ4v) is 2.32. The highest BCUT2D eigenvalue weighted by atomic mass is 16.5. The number of hydrogen-bond donors (Lipinski definition) is 0. The molecule has 0 unspecified atom stereocenters. The van der Waals surface area contributed by atoms with Gasteiger partial charge in [-0.3, -0.25) is 4.90 Å². The molecule has 0 aliphatic rings. The third-order valence-corrected chi connectivity index (χ3v) is 3.58. The molecular formula is C18H31NO. The zero-order valence-electron chi connectivity index (χ0n) is 13.3. The summed E-state index contributed by atoms with van der Waals surface area (Å²) in [6.07, 6.45) is 7.89. The SMILES string of the molecule is CCCCCN(CCCCC)CCOc1ccccc1. The first kappa shape index (κ1) is 17.0. The van der Waals surface area contributed by atoms with E-state index in [-0.39, 0.29) is 0 Å². The summed E-state index contributed by atoms with van der Waals surface area (Å²) >= 11 is 0. The highest BCUT2D eigenvalue weighted by Crippen LogP contribution is 2.08. The van der Waals surface area contributed by atoms with E-state index in [0.29, 0.717) is 0 Å². The quantitative estimate of drug-likeness (QED) is 0.511. The van der Waals surface area contributed by atoms with E-state index in [1.807, 2.05) is 30.3 Å². The van der Waals surface area contributed by atoms with Crippen molar-refractivity contribution >= 4 is 0 Å². The predicted octanol–water partition coefficient (Wildman–Crippen LogP) is 4.75. The molecule has 0 fully saturated rings. The number of para-hydroxylation sites is 1. The molecule has 2 heteroatoms. The molecule has 0 saturated carbocycles. The van der Waals surface area contributed by atoms with E-state index in [2.05, 4.69) is 18.7 Å². The first-order chi connectivity index (χ1) is 9.86. The minimum atomic E-state index is 0.794. The number of ether oxygens (including phenoxy) is 1. The first-order valence-corrected chi connectivity index (χ1v) is 8.27. The topological polar surface area (TPSA) is 12.5 Å². The largest absolute Gasteiger partial charge is 0.492 e. The number of nitrogens with zero attached hydrogens (tertiary/aromatic N) is 1. The van der Waals surface area contributed by atoms with Crippen LogP contribution in [-0.4, -0.2) is 31.1 Å². The fourth-order valence-electron chi connectivity index (χ4n) is 2.32. The highest BCUT2D eigenvalue weighted by Gasteiger charge is 2.04. The molecule has 0 aliphatic heterocycles. The predicted molar refractivity (Wildman–Crippen MR) is 87.4 cm³/mol. The smallest absolute Gasteiger partial charge is 0.119 e. The Morgan fingerprint density at radius 1 is 0.800 bits per heavy atom. The Bertz CT molecular complexity index is 302. The van der Waals surface area contributed by atoms with Gasteiger partial charge in [0.25, 0.3) is 0 Å². The molecule has 114 valence electrons. The molecule has 1 aromatic rings. The van der Waals surface area contributed by atoms with Gasteiger partial charge in [0, 0.05) is 6.54 Å². The van der Waals surface area contributed by atoms with Crippen LogP contribution in [-0.2, 0) is 0 Å². The molecule has 2 nitrogen and oxygen atoms in total. The summed E-state index contributed by atoms with van der Waals surface area (Å²) in [7, 11) is 0. The van der Waals surface area contributed by atoms with Crippen LogP contribution in [0.3, 0.4) is 0 Å². The van der Waals surface area contributed by atoms with Gasteiger partial charge in [0.2, 0.25) is 0 Å². The van der Waals surface area contributed by atoms with Crippen molar-refractivity contribution in [3.05, 3.63) is 30.3 Å². The average Bonchev–Trinajstić information content (AvgIpc) is 2.48. The van der Waals surface area contributed by atoms with Crippen molar-refractivity contribution in [1.82, 2.24) is 4.90 Å². The normalized spacial score (nSPS) is 10.9. The van der Waals surface area contributed by atoms with Crippen molar-refractivity contribution < 1.29 is 4.74 Å². The van der Waals surface area contributed by atoms with Crippen molar-refractivity contribution in [1.29, 1.82) is 0 Å². The Morgan fingerprint density at radius 3 is 1.95 bits per heavy atom. The van der Waals surface area contributed by atoms with Crippen LogP contribution in [0.5, 0.6) is 5.75 Å². The van der Waals surface area contributed by atoms with Gasteiger partial charge in [-0.05, 0) is 38.1 Å². The van der Waals surface area contributed by atoms with Gasteiger partial charge in [-0.25, -0.2) is 0 Å². The minimum absolute atomic E-state index is 0.794. The van der Waals surface area contributed by atoms with Crippen LogP contribution in [0.25, 0.3) is 0 Å². The van der Waals surface area contributed by atoms with Gasteiger partial charge in [-0.1, -0.05) is 57.7 Å². The van der Waals surface area contributed by atoms with Crippen LogP contribution in [0.2, 0.25) is 0 Å². The summed E-state index contributed by atoms with van der Waals surface area (Å²) in [5.74, 6) is 0.981. The standard InChI is InChI=1S/C18H31NO/c1-3-5-10-14-19(15-11-6-4-2)16-17-20-18-12-8-7-9-13-18/h7-9,12-13H,3-6,10-11,14-17H2,1-2H3. The van der Waals surface area contributed by atoms with E-state index in [0.717, 1.165) is 18.9 Å². The number of hydrogen-bond acceptors (Lipinski definition) is 2. The molecule has 0 radical (unpaired) electrons. The molecular weight excluding hydrogens is 246 g/mol. The monoisotopic (exact) mass is 277 g/mol. The average molecular weight is 277 g/mol. The van der Waals surface area contributed by atoms with Crippen molar-refractivity contribution in [2.75, 3.05) is 26.2 Å². The molecule has 1 aromatic carbocycles. The van der Waals surface area contributed by atoms with Gasteiger partial charge in [0.1, 0.15) is 12.4 Å². The molecule has 0 aromatic heterocycles. The fraction of sp³-hybridized carbons (Fsp3) is 0.667. The molecule has 0 bridgehead atoms. The van der Waals surface area contributed by atoms with Crippen molar-refractivity contribution in [3.8, 4) is 5.75 Å². The molecule has 0 amide bonds. The lowest BCUT2D eigenvalue weighted by Crippen LogP contribution is -2.30. The van der Waals surface area contributed by atoms with Crippen LogP contribution in [0, 0.1) is 0 Å². The third-order valence-electron chi connectivity index (χ3n) is 3.58. The summed E-state index contributed by atoms with van der Waals surface area (Å²) in [5.41, 5.74) is 0. The Labute approximate surface area is 125 Å². The lowest BCUT2D eigenvalue weighted by Gasteiger charge is -2.22. The second-order valence-electron chi connectivity index (χ2n) is 5.42. The first-order valence-electron chi connectivity index (χ1n) is 8.27. The third kappa shape index (κ3) is 8.21. The second-order valence-corrected chi connectivity index (χ2v) is 5.42. The van der Waals surface area contributed by atoms with Crippen LogP contribution in [0.1, 0.15) is 52.4 Å². The number of unbranched alkanes of at least 4 members (excludes halogenated alkanes) is 4. The van der Waals surface area contributed by atoms with E-state index >= 15 is 0 Å². The summed E-state index contributed by atoms with van der Waals surface area (Å²) in [6.45, 7) is 8.80. The maximum absolute atomic E-state index is 5.81. The number of rotatable bonds is 12. The van der Waals surface area contributed by atoms with E-state index < -0.39 is 0 Å². The summed E-state index contributed by atoms with van der Waals surface area (Å²) in [4.78, 5) is 2.56. The molecule has 0 saturated heterocycles. The molecule has 0 heterocycles. The van der Waals surface area contributed by atoms with Gasteiger partial charge in [0.05, 0.1) is 0 Å². The molecule has 0 atom stereocenters. The maximum Gasteiger partial charge on any atom is 0.119 e. The Morgan fingerprint density at radius 2 is 1.40 bits per heavy atom. The molecule has 20 heavy (non-hydrogen) atoms. The van der Waals surface area contributed by atoms with Crippen molar-refractivity contribution in [2.45, 2.75) is 52.4 Å². The lowest BCUT2D eigenvalue weighted by molar-refractivity contribution is 0.203. The van der Waals surface area contributed by atoms with E-state index in [9.17, 15) is 0 Å². The molecule has 0 N–H and O–H groups in total. The van der Waals surface area contributed by atoms with Gasteiger partial charge >= 0.3 is 0 Å². The molecule has 0 spiro atoms.